The Labute approximate surface area is 135 Å². The Morgan fingerprint density at radius 3 is 2.43 bits per heavy atom. The molecule has 0 aliphatic rings. The number of anilines is 1. The van der Waals surface area contributed by atoms with E-state index in [4.69, 9.17) is 14.7 Å². The van der Waals surface area contributed by atoms with Crippen LogP contribution >= 0.6 is 0 Å². The van der Waals surface area contributed by atoms with Crippen molar-refractivity contribution in [2.45, 2.75) is 4.90 Å². The number of hydrogen-bond acceptors (Lipinski definition) is 5. The van der Waals surface area contributed by atoms with Gasteiger partial charge in [0, 0.05) is 12.8 Å². The van der Waals surface area contributed by atoms with Crippen LogP contribution in [0.4, 0.5) is 5.69 Å². The molecule has 0 spiro atoms. The quantitative estimate of drug-likeness (QED) is 0.787. The molecule has 0 bridgehead atoms. The average Bonchev–Trinajstić information content (AvgIpc) is 2.56. The van der Waals surface area contributed by atoms with Crippen molar-refractivity contribution in [2.75, 3.05) is 25.0 Å². The van der Waals surface area contributed by atoms with Gasteiger partial charge in [0.15, 0.2) is 0 Å². The fraction of sp³-hybridized carbons (Fsp3) is 0.188. The lowest BCUT2D eigenvalue weighted by molar-refractivity contribution is 0.146. The molecule has 0 fully saturated rings. The lowest BCUT2D eigenvalue weighted by Crippen LogP contribution is -2.14. The van der Waals surface area contributed by atoms with Crippen LogP contribution in [0.25, 0.3) is 0 Å². The van der Waals surface area contributed by atoms with Gasteiger partial charge in [-0.25, -0.2) is 8.42 Å². The minimum atomic E-state index is -3.82. The Kier molecular flexibility index (Phi) is 5.57. The Hall–Kier alpha value is -2.56. The maximum Gasteiger partial charge on any atom is 0.263 e. The Balaban J connectivity index is 2.13. The van der Waals surface area contributed by atoms with Crippen molar-refractivity contribution in [3.8, 4) is 11.8 Å². The van der Waals surface area contributed by atoms with Gasteiger partial charge < -0.3 is 9.47 Å². The van der Waals surface area contributed by atoms with Gasteiger partial charge in [-0.2, -0.15) is 5.26 Å². The molecular formula is C16H16N2O4S. The minimum absolute atomic E-state index is 0.0529. The molecule has 2 aromatic carbocycles. The van der Waals surface area contributed by atoms with Crippen LogP contribution in [-0.2, 0) is 14.8 Å². The topological polar surface area (TPSA) is 88.4 Å². The van der Waals surface area contributed by atoms with E-state index in [2.05, 4.69) is 4.72 Å². The fourth-order valence-electron chi connectivity index (χ4n) is 1.87. The zero-order chi connectivity index (χ0) is 16.7. The van der Waals surface area contributed by atoms with Gasteiger partial charge in [-0.15, -0.1) is 0 Å². The van der Waals surface area contributed by atoms with Crippen LogP contribution in [0.2, 0.25) is 0 Å². The van der Waals surface area contributed by atoms with E-state index in [1.165, 1.54) is 12.1 Å². The number of nitrogens with zero attached hydrogens (tertiary/aromatic N) is 1. The first-order valence-corrected chi connectivity index (χ1v) is 8.29. The molecule has 0 amide bonds. The summed E-state index contributed by atoms with van der Waals surface area (Å²) in [5.74, 6) is 0.613. The molecule has 2 aromatic rings. The van der Waals surface area contributed by atoms with Crippen molar-refractivity contribution in [2.24, 2.45) is 0 Å². The summed E-state index contributed by atoms with van der Waals surface area (Å²) >= 11 is 0. The van der Waals surface area contributed by atoms with E-state index in [0.717, 1.165) is 0 Å². The number of ether oxygens (including phenoxy) is 2. The average molecular weight is 332 g/mol. The molecule has 0 saturated heterocycles. The number of hydrogen-bond donors (Lipinski definition) is 1. The van der Waals surface area contributed by atoms with Gasteiger partial charge in [-0.3, -0.25) is 4.72 Å². The van der Waals surface area contributed by atoms with Crippen molar-refractivity contribution >= 4 is 15.7 Å². The maximum absolute atomic E-state index is 12.4. The number of methoxy groups -OCH3 is 1. The predicted octanol–water partition coefficient (Wildman–Crippen LogP) is 2.38. The van der Waals surface area contributed by atoms with E-state index in [0.29, 0.717) is 24.7 Å². The molecular weight excluding hydrogens is 316 g/mol. The number of nitriles is 1. The molecule has 120 valence electrons. The highest BCUT2D eigenvalue weighted by Gasteiger charge is 2.18. The second-order valence-corrected chi connectivity index (χ2v) is 6.23. The van der Waals surface area contributed by atoms with Crippen molar-refractivity contribution in [3.63, 3.8) is 0 Å². The van der Waals surface area contributed by atoms with Crippen LogP contribution in [0.5, 0.6) is 5.75 Å². The number of benzene rings is 2. The Morgan fingerprint density at radius 2 is 1.78 bits per heavy atom. The lowest BCUT2D eigenvalue weighted by Gasteiger charge is -2.10. The van der Waals surface area contributed by atoms with Crippen LogP contribution in [0.3, 0.4) is 0 Å². The minimum Gasteiger partial charge on any atom is -0.491 e. The van der Waals surface area contributed by atoms with Crippen LogP contribution in [0.1, 0.15) is 5.56 Å². The fourth-order valence-corrected chi connectivity index (χ4v) is 3.08. The normalized spacial score (nSPS) is 10.8. The van der Waals surface area contributed by atoms with Crippen molar-refractivity contribution < 1.29 is 17.9 Å². The third-order valence-corrected chi connectivity index (χ3v) is 4.40. The molecule has 2 rings (SSSR count). The summed E-state index contributed by atoms with van der Waals surface area (Å²) in [4.78, 5) is -0.0529. The highest BCUT2D eigenvalue weighted by atomic mass is 32.2. The Morgan fingerprint density at radius 1 is 1.09 bits per heavy atom. The molecule has 1 N–H and O–H groups in total. The summed E-state index contributed by atoms with van der Waals surface area (Å²) < 4.78 is 37.5. The van der Waals surface area contributed by atoms with Gasteiger partial charge in [0.2, 0.25) is 0 Å². The third kappa shape index (κ3) is 4.45. The molecule has 0 heterocycles. The highest BCUT2D eigenvalue weighted by Crippen LogP contribution is 2.21. The zero-order valence-electron chi connectivity index (χ0n) is 12.5. The van der Waals surface area contributed by atoms with Gasteiger partial charge in [0.1, 0.15) is 23.3 Å². The van der Waals surface area contributed by atoms with Crippen LogP contribution < -0.4 is 9.46 Å². The smallest absolute Gasteiger partial charge is 0.263 e. The van der Waals surface area contributed by atoms with Crippen LogP contribution in [-0.4, -0.2) is 28.7 Å². The largest absolute Gasteiger partial charge is 0.491 e. The first kappa shape index (κ1) is 16.8. The van der Waals surface area contributed by atoms with Gasteiger partial charge in [0.25, 0.3) is 10.0 Å². The summed E-state index contributed by atoms with van der Waals surface area (Å²) in [5, 5.41) is 9.02. The highest BCUT2D eigenvalue weighted by molar-refractivity contribution is 7.92. The van der Waals surface area contributed by atoms with E-state index in [1.807, 2.05) is 6.07 Å². The summed E-state index contributed by atoms with van der Waals surface area (Å²) in [6.07, 6.45) is 0. The molecule has 0 aliphatic heterocycles. The van der Waals surface area contributed by atoms with Gasteiger partial charge in [0.05, 0.1) is 12.2 Å². The Bertz CT molecular complexity index is 796. The lowest BCUT2D eigenvalue weighted by atomic mass is 10.2. The van der Waals surface area contributed by atoms with Crippen LogP contribution in [0, 0.1) is 11.3 Å². The summed E-state index contributed by atoms with van der Waals surface area (Å²) in [6.45, 7) is 0.885. The predicted molar refractivity (Wildman–Crippen MR) is 85.8 cm³/mol. The second kappa shape index (κ2) is 7.63. The molecule has 23 heavy (non-hydrogen) atoms. The number of rotatable bonds is 7. The standard InChI is InChI=1S/C16H16N2O4S/c1-21-10-11-22-15-8-6-14(7-9-15)18-23(19,20)16-5-3-2-4-13(16)12-17/h2-9,18H,10-11H2,1H3. The third-order valence-electron chi connectivity index (χ3n) is 2.96. The van der Waals surface area contributed by atoms with E-state index in [-0.39, 0.29) is 10.5 Å². The van der Waals surface area contributed by atoms with E-state index in [9.17, 15) is 8.42 Å². The van der Waals surface area contributed by atoms with E-state index >= 15 is 0 Å². The molecule has 0 radical (unpaired) electrons. The molecule has 0 aliphatic carbocycles. The van der Waals surface area contributed by atoms with Gasteiger partial charge in [-0.05, 0) is 36.4 Å². The molecule has 0 aromatic heterocycles. The molecule has 0 atom stereocenters. The maximum atomic E-state index is 12.4. The molecule has 6 nitrogen and oxygen atoms in total. The van der Waals surface area contributed by atoms with Gasteiger partial charge >= 0.3 is 0 Å². The van der Waals surface area contributed by atoms with Crippen molar-refractivity contribution in [3.05, 3.63) is 54.1 Å². The van der Waals surface area contributed by atoms with Gasteiger partial charge in [-0.1, -0.05) is 12.1 Å². The summed E-state index contributed by atoms with van der Waals surface area (Å²) in [5.41, 5.74) is 0.483. The number of sulfonamides is 1. The van der Waals surface area contributed by atoms with Crippen LogP contribution in [0.15, 0.2) is 53.4 Å². The summed E-state index contributed by atoms with van der Waals surface area (Å²) in [6, 6.07) is 14.4. The SMILES string of the molecule is COCCOc1ccc(NS(=O)(=O)c2ccccc2C#N)cc1. The molecule has 7 heteroatoms. The number of nitrogens with one attached hydrogen (secondary N) is 1. The van der Waals surface area contributed by atoms with E-state index in [1.54, 1.807) is 43.5 Å². The first-order valence-electron chi connectivity index (χ1n) is 6.80. The van der Waals surface area contributed by atoms with Crippen molar-refractivity contribution in [1.29, 1.82) is 5.26 Å². The molecule has 0 saturated carbocycles. The zero-order valence-corrected chi connectivity index (χ0v) is 13.3. The second-order valence-electron chi connectivity index (χ2n) is 4.58. The monoisotopic (exact) mass is 332 g/mol. The molecule has 0 unspecified atom stereocenters. The first-order chi connectivity index (χ1) is 11.1. The summed E-state index contributed by atoms with van der Waals surface area (Å²) in [7, 11) is -2.24. The van der Waals surface area contributed by atoms with E-state index < -0.39 is 10.0 Å². The van der Waals surface area contributed by atoms with Crippen molar-refractivity contribution in [1.82, 2.24) is 0 Å².